The van der Waals surface area contributed by atoms with Crippen molar-refractivity contribution in [3.05, 3.63) is 56.8 Å². The van der Waals surface area contributed by atoms with Crippen molar-refractivity contribution >= 4 is 46.5 Å². The number of urea groups is 1. The highest BCUT2D eigenvalue weighted by atomic mass is 35.5. The fourth-order valence-electron chi connectivity index (χ4n) is 1.98. The Labute approximate surface area is 167 Å². The van der Waals surface area contributed by atoms with Gasteiger partial charge in [0.1, 0.15) is 0 Å². The lowest BCUT2D eigenvalue weighted by Crippen LogP contribution is -2.39. The molecule has 0 aliphatic heterocycles. The predicted octanol–water partition coefficient (Wildman–Crippen LogP) is 5.13. The number of nitrogens with zero attached hydrogens (tertiary/aromatic N) is 1. The zero-order valence-corrected chi connectivity index (χ0v) is 15.9. The Balaban J connectivity index is 2.12. The Morgan fingerprint density at radius 3 is 2.26 bits per heavy atom. The number of nitrogens with one attached hydrogen (secondary N) is 2. The Kier molecular flexibility index (Phi) is 6.47. The summed E-state index contributed by atoms with van der Waals surface area (Å²) in [6.45, 7) is 0.646. The number of anilines is 1. The number of hydrogen-bond acceptors (Lipinski definition) is 3. The molecule has 2 aromatic rings. The van der Waals surface area contributed by atoms with Crippen molar-refractivity contribution in [2.75, 3.05) is 5.32 Å². The SMILES string of the molecule is C[C@](O)(c1cc(Cl)c(NC(=O)NCc2ccc(Cl)cn2)c(Cl)c1)C(F)(F)F. The second-order valence-corrected chi connectivity index (χ2v) is 6.91. The molecule has 0 unspecified atom stereocenters. The zero-order valence-electron chi connectivity index (χ0n) is 13.7. The first-order chi connectivity index (χ1) is 12.4. The van der Waals surface area contributed by atoms with Gasteiger partial charge in [-0.05, 0) is 36.8 Å². The summed E-state index contributed by atoms with van der Waals surface area (Å²) in [5.41, 5.74) is -3.27. The standard InChI is InChI=1S/C16H13Cl3F3N3O2/c1-15(27,16(20,21)22)8-4-11(18)13(12(19)5-8)25-14(26)24-7-10-3-2-9(17)6-23-10/h2-6,27H,7H2,1H3,(H2,24,25,26)/t15-/m0/s1. The summed E-state index contributed by atoms with van der Waals surface area (Å²) in [5.74, 6) is 0. The van der Waals surface area contributed by atoms with E-state index in [9.17, 15) is 23.1 Å². The topological polar surface area (TPSA) is 74.2 Å². The van der Waals surface area contributed by atoms with Crippen molar-refractivity contribution in [1.29, 1.82) is 0 Å². The van der Waals surface area contributed by atoms with E-state index in [1.807, 2.05) is 0 Å². The minimum Gasteiger partial charge on any atom is -0.376 e. The number of carbonyl (C=O) groups is 1. The van der Waals surface area contributed by atoms with Crippen LogP contribution in [0.4, 0.5) is 23.7 Å². The molecule has 146 valence electrons. The summed E-state index contributed by atoms with van der Waals surface area (Å²) in [7, 11) is 0. The lowest BCUT2D eigenvalue weighted by molar-refractivity contribution is -0.258. The van der Waals surface area contributed by atoms with Gasteiger partial charge in [-0.15, -0.1) is 0 Å². The summed E-state index contributed by atoms with van der Waals surface area (Å²) in [5, 5.41) is 14.5. The predicted molar refractivity (Wildman–Crippen MR) is 97.2 cm³/mol. The third-order valence-corrected chi connectivity index (χ3v) is 4.43. The van der Waals surface area contributed by atoms with Gasteiger partial charge in [0.05, 0.1) is 33.0 Å². The van der Waals surface area contributed by atoms with Gasteiger partial charge in [0.15, 0.2) is 5.60 Å². The Morgan fingerprint density at radius 2 is 1.78 bits per heavy atom. The van der Waals surface area contributed by atoms with E-state index in [4.69, 9.17) is 34.8 Å². The highest BCUT2D eigenvalue weighted by Crippen LogP contribution is 2.42. The molecule has 1 atom stereocenters. The highest BCUT2D eigenvalue weighted by molar-refractivity contribution is 6.39. The van der Waals surface area contributed by atoms with E-state index in [0.29, 0.717) is 17.6 Å². The van der Waals surface area contributed by atoms with Gasteiger partial charge in [-0.2, -0.15) is 13.2 Å². The van der Waals surface area contributed by atoms with Crippen LogP contribution in [0, 0.1) is 0 Å². The monoisotopic (exact) mass is 441 g/mol. The molecule has 1 aromatic carbocycles. The van der Waals surface area contributed by atoms with Gasteiger partial charge in [-0.25, -0.2) is 4.79 Å². The average Bonchev–Trinajstić information content (AvgIpc) is 2.56. The molecule has 0 aliphatic carbocycles. The summed E-state index contributed by atoms with van der Waals surface area (Å²) >= 11 is 17.6. The molecule has 0 aliphatic rings. The van der Waals surface area contributed by atoms with Gasteiger partial charge in [-0.3, -0.25) is 4.98 Å². The molecule has 2 rings (SSSR count). The van der Waals surface area contributed by atoms with Crippen LogP contribution in [0.1, 0.15) is 18.2 Å². The van der Waals surface area contributed by atoms with E-state index in [1.165, 1.54) is 6.20 Å². The fraction of sp³-hybridized carbons (Fsp3) is 0.250. The van der Waals surface area contributed by atoms with Crippen LogP contribution in [0.2, 0.25) is 15.1 Å². The minimum absolute atomic E-state index is 0.0686. The van der Waals surface area contributed by atoms with Crippen LogP contribution in [0.25, 0.3) is 0 Å². The summed E-state index contributed by atoms with van der Waals surface area (Å²) in [4.78, 5) is 16.0. The highest BCUT2D eigenvalue weighted by Gasteiger charge is 2.51. The van der Waals surface area contributed by atoms with Gasteiger partial charge in [-0.1, -0.05) is 34.8 Å². The number of halogens is 6. The van der Waals surface area contributed by atoms with E-state index in [0.717, 1.165) is 12.1 Å². The van der Waals surface area contributed by atoms with Gasteiger partial charge < -0.3 is 15.7 Å². The molecule has 1 aromatic heterocycles. The molecule has 11 heteroatoms. The number of amides is 2. The Morgan fingerprint density at radius 1 is 1.19 bits per heavy atom. The summed E-state index contributed by atoms with van der Waals surface area (Å²) < 4.78 is 38.8. The first kappa shape index (κ1) is 21.6. The van der Waals surface area contributed by atoms with Crippen molar-refractivity contribution in [2.45, 2.75) is 25.2 Å². The molecule has 0 fully saturated rings. The van der Waals surface area contributed by atoms with E-state index in [1.54, 1.807) is 12.1 Å². The van der Waals surface area contributed by atoms with Gasteiger partial charge >= 0.3 is 12.2 Å². The number of alkyl halides is 3. The second-order valence-electron chi connectivity index (χ2n) is 5.66. The van der Waals surface area contributed by atoms with E-state index >= 15 is 0 Å². The molecule has 1 heterocycles. The van der Waals surface area contributed by atoms with Crippen LogP contribution in [-0.2, 0) is 12.1 Å². The molecule has 0 saturated heterocycles. The Bertz CT molecular complexity index is 820. The lowest BCUT2D eigenvalue weighted by Gasteiger charge is -2.27. The fourth-order valence-corrected chi connectivity index (χ4v) is 2.67. The van der Waals surface area contributed by atoms with Gasteiger partial charge in [0, 0.05) is 6.20 Å². The maximum atomic E-state index is 12.9. The number of aromatic nitrogens is 1. The van der Waals surface area contributed by atoms with E-state index in [2.05, 4.69) is 15.6 Å². The molecule has 5 nitrogen and oxygen atoms in total. The van der Waals surface area contributed by atoms with Crippen LogP contribution in [-0.4, -0.2) is 22.3 Å². The maximum Gasteiger partial charge on any atom is 0.421 e. The number of rotatable bonds is 4. The van der Waals surface area contributed by atoms with Crippen LogP contribution in [0.5, 0.6) is 0 Å². The first-order valence-corrected chi connectivity index (χ1v) is 8.49. The number of carbonyl (C=O) groups excluding carboxylic acids is 1. The average molecular weight is 443 g/mol. The third kappa shape index (κ3) is 5.16. The summed E-state index contributed by atoms with van der Waals surface area (Å²) in [6.07, 6.45) is -3.52. The molecule has 0 bridgehead atoms. The van der Waals surface area contributed by atoms with Crippen molar-refractivity contribution < 1.29 is 23.1 Å². The van der Waals surface area contributed by atoms with E-state index < -0.39 is 23.4 Å². The lowest BCUT2D eigenvalue weighted by atomic mass is 9.95. The van der Waals surface area contributed by atoms with Crippen molar-refractivity contribution in [2.24, 2.45) is 0 Å². The smallest absolute Gasteiger partial charge is 0.376 e. The zero-order chi connectivity index (χ0) is 20.4. The largest absolute Gasteiger partial charge is 0.421 e. The second kappa shape index (κ2) is 8.10. The minimum atomic E-state index is -4.93. The normalized spacial score (nSPS) is 13.8. The third-order valence-electron chi connectivity index (χ3n) is 3.61. The van der Waals surface area contributed by atoms with Crippen LogP contribution >= 0.6 is 34.8 Å². The van der Waals surface area contributed by atoms with Gasteiger partial charge in [0.2, 0.25) is 0 Å². The molecular weight excluding hydrogens is 430 g/mol. The molecule has 2 amide bonds. The van der Waals surface area contributed by atoms with Crippen LogP contribution in [0.15, 0.2) is 30.5 Å². The van der Waals surface area contributed by atoms with Crippen LogP contribution in [0.3, 0.4) is 0 Å². The van der Waals surface area contributed by atoms with Crippen molar-refractivity contribution in [1.82, 2.24) is 10.3 Å². The van der Waals surface area contributed by atoms with Crippen molar-refractivity contribution in [3.8, 4) is 0 Å². The number of benzene rings is 1. The summed E-state index contributed by atoms with van der Waals surface area (Å²) in [6, 6.07) is 4.28. The molecule has 3 N–H and O–H groups in total. The molecule has 0 radical (unpaired) electrons. The molecule has 27 heavy (non-hydrogen) atoms. The van der Waals surface area contributed by atoms with E-state index in [-0.39, 0.29) is 22.3 Å². The molecule has 0 saturated carbocycles. The quantitative estimate of drug-likeness (QED) is 0.614. The Hall–Kier alpha value is -1.74. The maximum absolute atomic E-state index is 12.9. The number of pyridine rings is 1. The van der Waals surface area contributed by atoms with Crippen molar-refractivity contribution in [3.63, 3.8) is 0 Å². The van der Waals surface area contributed by atoms with Gasteiger partial charge in [0.25, 0.3) is 0 Å². The molecule has 0 spiro atoms. The number of aliphatic hydroxyl groups is 1. The first-order valence-electron chi connectivity index (χ1n) is 7.35. The van der Waals surface area contributed by atoms with Crippen LogP contribution < -0.4 is 10.6 Å². The number of hydrogen-bond donors (Lipinski definition) is 3. The molecular formula is C16H13Cl3F3N3O2.